The molecule has 8 nitrogen and oxygen atoms in total. The lowest BCUT2D eigenvalue weighted by Gasteiger charge is -2.33. The van der Waals surface area contributed by atoms with E-state index < -0.39 is 23.4 Å². The van der Waals surface area contributed by atoms with E-state index in [0.29, 0.717) is 17.0 Å². The molecule has 3 N–H and O–H groups in total. The van der Waals surface area contributed by atoms with Crippen molar-refractivity contribution in [3.63, 3.8) is 0 Å². The van der Waals surface area contributed by atoms with E-state index in [4.69, 9.17) is 4.42 Å². The molecule has 1 aliphatic heterocycles. The molecule has 3 unspecified atom stereocenters. The molecule has 0 aliphatic carbocycles. The molecule has 0 bridgehead atoms. The Labute approximate surface area is 165 Å². The topological polar surface area (TPSA) is 124 Å². The second-order valence-corrected chi connectivity index (χ2v) is 7.24. The number of rotatable bonds is 6. The predicted octanol–water partition coefficient (Wildman–Crippen LogP) is 2.04. The van der Waals surface area contributed by atoms with Crippen LogP contribution in [0, 0.1) is 17.2 Å². The number of hydrogen-bond acceptors (Lipinski definition) is 7. The number of furan rings is 1. The molecule has 1 fully saturated rings. The Morgan fingerprint density at radius 2 is 2.04 bits per heavy atom. The first-order valence-corrected chi connectivity index (χ1v) is 9.54. The van der Waals surface area contributed by atoms with Gasteiger partial charge in [0.15, 0.2) is 5.78 Å². The summed E-state index contributed by atoms with van der Waals surface area (Å²) in [7, 11) is 0. The van der Waals surface area contributed by atoms with Crippen molar-refractivity contribution >= 4 is 35.0 Å². The van der Waals surface area contributed by atoms with Crippen LogP contribution in [-0.2, 0) is 9.59 Å². The number of amides is 2. The number of benzene rings is 1. The van der Waals surface area contributed by atoms with Crippen molar-refractivity contribution in [1.82, 2.24) is 10.6 Å². The number of Topliss-reactive ketones (excluding diaryl/α,β-unsaturated/α-hetero) is 1. The Kier molecular flexibility index (Phi) is 6.13. The van der Waals surface area contributed by atoms with Crippen LogP contribution in [0.2, 0.25) is 0 Å². The first-order chi connectivity index (χ1) is 13.5. The largest absolute Gasteiger partial charge is 0.468 e. The summed E-state index contributed by atoms with van der Waals surface area (Å²) in [4.78, 5) is 35.7. The summed E-state index contributed by atoms with van der Waals surface area (Å²) in [6, 6.07) is 11.4. The molecule has 1 aromatic heterocycles. The highest BCUT2D eigenvalue weighted by atomic mass is 32.2. The van der Waals surface area contributed by atoms with Crippen molar-refractivity contribution in [2.75, 3.05) is 11.1 Å². The quantitative estimate of drug-likeness (QED) is 0.636. The van der Waals surface area contributed by atoms with Crippen LogP contribution in [0.1, 0.15) is 29.1 Å². The Hall–Kier alpha value is -3.09. The molecule has 0 radical (unpaired) electrons. The highest BCUT2D eigenvalue weighted by Gasteiger charge is 2.38. The number of carbonyl (C=O) groups is 3. The van der Waals surface area contributed by atoms with Crippen molar-refractivity contribution in [2.45, 2.75) is 18.5 Å². The van der Waals surface area contributed by atoms with E-state index in [9.17, 15) is 19.6 Å². The Bertz CT molecular complexity index is 905. The standard InChI is InChI=1S/C19H18N4O4S/c1-11(24)21-13-6-4-12(5-7-13)15(25)10-28-19-22-17(16-3-2-8-27-16)14(9-20)18(26)23-19/h2-8,14,17,19,22H,10H2,1H3,(H,21,24)(H,23,26). The zero-order valence-corrected chi connectivity index (χ0v) is 15.8. The zero-order chi connectivity index (χ0) is 20.1. The van der Waals surface area contributed by atoms with Crippen LogP contribution in [0.15, 0.2) is 47.1 Å². The lowest BCUT2D eigenvalue weighted by atomic mass is 9.96. The first kappa shape index (κ1) is 19.7. The fourth-order valence-corrected chi connectivity index (χ4v) is 3.72. The molecule has 1 saturated heterocycles. The minimum atomic E-state index is -0.917. The molecule has 28 heavy (non-hydrogen) atoms. The second kappa shape index (κ2) is 8.73. The van der Waals surface area contributed by atoms with Gasteiger partial charge >= 0.3 is 0 Å². The van der Waals surface area contributed by atoms with Crippen molar-refractivity contribution < 1.29 is 18.8 Å². The normalized spacial score (nSPS) is 21.4. The Morgan fingerprint density at radius 1 is 1.29 bits per heavy atom. The molecule has 1 aliphatic rings. The van der Waals surface area contributed by atoms with Gasteiger partial charge in [-0.25, -0.2) is 0 Å². The van der Waals surface area contributed by atoms with Gasteiger partial charge in [-0.2, -0.15) is 5.26 Å². The molecule has 3 atom stereocenters. The van der Waals surface area contributed by atoms with Gasteiger partial charge in [0.1, 0.15) is 17.2 Å². The summed E-state index contributed by atoms with van der Waals surface area (Å²) in [6.45, 7) is 1.41. The fourth-order valence-electron chi connectivity index (χ4n) is 2.79. The van der Waals surface area contributed by atoms with Crippen molar-refractivity contribution in [3.05, 3.63) is 54.0 Å². The van der Waals surface area contributed by atoms with Crippen LogP contribution in [0.4, 0.5) is 5.69 Å². The molecular weight excluding hydrogens is 380 g/mol. The third-order valence-corrected chi connectivity index (χ3v) is 5.13. The summed E-state index contributed by atoms with van der Waals surface area (Å²) < 4.78 is 5.34. The summed E-state index contributed by atoms with van der Waals surface area (Å²) >= 11 is 1.22. The Morgan fingerprint density at radius 3 is 2.64 bits per heavy atom. The van der Waals surface area contributed by atoms with Gasteiger partial charge in [-0.15, -0.1) is 11.8 Å². The van der Waals surface area contributed by atoms with Crippen LogP contribution < -0.4 is 16.0 Å². The molecule has 144 valence electrons. The minimum Gasteiger partial charge on any atom is -0.468 e. The molecule has 2 heterocycles. The highest BCUT2D eigenvalue weighted by Crippen LogP contribution is 2.28. The average molecular weight is 398 g/mol. The van der Waals surface area contributed by atoms with E-state index in [1.807, 2.05) is 6.07 Å². The maximum absolute atomic E-state index is 12.4. The molecule has 3 rings (SSSR count). The lowest BCUT2D eigenvalue weighted by molar-refractivity contribution is -0.126. The van der Waals surface area contributed by atoms with Gasteiger partial charge in [-0.3, -0.25) is 19.7 Å². The van der Waals surface area contributed by atoms with Crippen molar-refractivity contribution in [3.8, 4) is 6.07 Å². The molecule has 9 heteroatoms. The van der Waals surface area contributed by atoms with E-state index in [2.05, 4.69) is 16.0 Å². The second-order valence-electron chi connectivity index (χ2n) is 6.15. The highest BCUT2D eigenvalue weighted by molar-refractivity contribution is 8.00. The monoisotopic (exact) mass is 398 g/mol. The van der Waals surface area contributed by atoms with E-state index in [1.165, 1.54) is 24.9 Å². The number of ketones is 1. The number of hydrogen-bond donors (Lipinski definition) is 3. The maximum Gasteiger partial charge on any atom is 0.241 e. The third-order valence-electron chi connectivity index (χ3n) is 4.12. The van der Waals surface area contributed by atoms with E-state index in [1.54, 1.807) is 36.4 Å². The number of anilines is 1. The number of nitriles is 1. The summed E-state index contributed by atoms with van der Waals surface area (Å²) in [6.07, 6.45) is 1.48. The van der Waals surface area contributed by atoms with Gasteiger partial charge in [0, 0.05) is 18.2 Å². The number of carbonyl (C=O) groups excluding carboxylic acids is 3. The SMILES string of the molecule is CC(=O)Nc1ccc(C(=O)CSC2NC(=O)C(C#N)C(c3ccco3)N2)cc1. The third kappa shape index (κ3) is 4.60. The van der Waals surface area contributed by atoms with Crippen LogP contribution >= 0.6 is 11.8 Å². The number of nitrogens with one attached hydrogen (secondary N) is 3. The van der Waals surface area contributed by atoms with Crippen LogP contribution in [0.3, 0.4) is 0 Å². The van der Waals surface area contributed by atoms with Gasteiger partial charge in [0.2, 0.25) is 11.8 Å². The van der Waals surface area contributed by atoms with Crippen molar-refractivity contribution in [1.29, 1.82) is 5.26 Å². The summed E-state index contributed by atoms with van der Waals surface area (Å²) in [5, 5.41) is 17.8. The van der Waals surface area contributed by atoms with E-state index in [0.717, 1.165) is 0 Å². The summed E-state index contributed by atoms with van der Waals surface area (Å²) in [5.41, 5.74) is 0.581. The number of thioether (sulfide) groups is 1. The predicted molar refractivity (Wildman–Crippen MR) is 103 cm³/mol. The van der Waals surface area contributed by atoms with E-state index in [-0.39, 0.29) is 17.4 Å². The molecule has 0 spiro atoms. The van der Waals surface area contributed by atoms with Crippen molar-refractivity contribution in [2.24, 2.45) is 5.92 Å². The average Bonchev–Trinajstić information content (AvgIpc) is 3.20. The van der Waals surface area contributed by atoms with Crippen LogP contribution in [0.25, 0.3) is 0 Å². The van der Waals surface area contributed by atoms with Crippen LogP contribution in [-0.4, -0.2) is 28.8 Å². The molecule has 2 amide bonds. The minimum absolute atomic E-state index is 0.118. The molecule has 0 saturated carbocycles. The van der Waals surface area contributed by atoms with Gasteiger partial charge in [-0.1, -0.05) is 0 Å². The molecule has 2 aromatic rings. The fraction of sp³-hybridized carbons (Fsp3) is 0.263. The molecule has 1 aromatic carbocycles. The van der Waals surface area contributed by atoms with Gasteiger partial charge < -0.3 is 15.1 Å². The maximum atomic E-state index is 12.4. The molecular formula is C19H18N4O4S. The zero-order valence-electron chi connectivity index (χ0n) is 15.0. The van der Waals surface area contributed by atoms with E-state index >= 15 is 0 Å². The Balaban J connectivity index is 1.61. The summed E-state index contributed by atoms with van der Waals surface area (Å²) in [5.74, 6) is -1.01. The number of nitrogens with zero attached hydrogens (tertiary/aromatic N) is 1. The van der Waals surface area contributed by atoms with Crippen LogP contribution in [0.5, 0.6) is 0 Å². The smallest absolute Gasteiger partial charge is 0.241 e. The first-order valence-electron chi connectivity index (χ1n) is 8.50. The van der Waals surface area contributed by atoms with Gasteiger partial charge in [0.25, 0.3) is 0 Å². The lowest BCUT2D eigenvalue weighted by Crippen LogP contribution is -2.55. The van der Waals surface area contributed by atoms with Gasteiger partial charge in [0.05, 0.1) is 24.1 Å². The van der Waals surface area contributed by atoms with Gasteiger partial charge in [-0.05, 0) is 36.4 Å².